The summed E-state index contributed by atoms with van der Waals surface area (Å²) in [5.41, 5.74) is 0. The largest absolute Gasteiger partial charge is 0.377 e. The van der Waals surface area contributed by atoms with E-state index in [0.717, 1.165) is 19.6 Å². The van der Waals surface area contributed by atoms with Crippen LogP contribution in [0.15, 0.2) is 0 Å². The molecule has 2 unspecified atom stereocenters. The van der Waals surface area contributed by atoms with Crippen LogP contribution in [0.2, 0.25) is 0 Å². The SMILES string of the molecule is CC(C)C(C)NC(=O)CNCC1CCCCO1. The van der Waals surface area contributed by atoms with Crippen LogP contribution in [0.3, 0.4) is 0 Å². The van der Waals surface area contributed by atoms with E-state index in [1.807, 2.05) is 6.92 Å². The average Bonchev–Trinajstić information content (AvgIpc) is 2.30. The maximum Gasteiger partial charge on any atom is 0.234 e. The minimum absolute atomic E-state index is 0.0713. The van der Waals surface area contributed by atoms with Crippen molar-refractivity contribution in [1.82, 2.24) is 10.6 Å². The first-order valence-electron chi connectivity index (χ1n) is 6.71. The van der Waals surface area contributed by atoms with Crippen molar-refractivity contribution in [1.29, 1.82) is 0 Å². The van der Waals surface area contributed by atoms with Gasteiger partial charge in [-0.3, -0.25) is 4.79 Å². The first-order chi connectivity index (χ1) is 8.09. The van der Waals surface area contributed by atoms with Gasteiger partial charge in [-0.25, -0.2) is 0 Å². The van der Waals surface area contributed by atoms with Gasteiger partial charge in [-0.05, 0) is 32.1 Å². The molecule has 100 valence electrons. The molecule has 17 heavy (non-hydrogen) atoms. The van der Waals surface area contributed by atoms with Crippen LogP contribution in [0.1, 0.15) is 40.0 Å². The van der Waals surface area contributed by atoms with Gasteiger partial charge in [0.25, 0.3) is 0 Å². The summed E-state index contributed by atoms with van der Waals surface area (Å²) in [5.74, 6) is 0.544. The third-order valence-electron chi connectivity index (χ3n) is 3.32. The Bertz CT molecular complexity index is 225. The van der Waals surface area contributed by atoms with Crippen LogP contribution < -0.4 is 10.6 Å². The molecule has 0 aromatic carbocycles. The van der Waals surface area contributed by atoms with Crippen LogP contribution >= 0.6 is 0 Å². The molecule has 0 saturated carbocycles. The lowest BCUT2D eigenvalue weighted by molar-refractivity contribution is -0.121. The Labute approximate surface area is 104 Å². The highest BCUT2D eigenvalue weighted by atomic mass is 16.5. The van der Waals surface area contributed by atoms with E-state index in [1.54, 1.807) is 0 Å². The van der Waals surface area contributed by atoms with Gasteiger partial charge in [0.1, 0.15) is 0 Å². The lowest BCUT2D eigenvalue weighted by Gasteiger charge is -2.23. The van der Waals surface area contributed by atoms with E-state index in [9.17, 15) is 4.79 Å². The number of rotatable bonds is 6. The van der Waals surface area contributed by atoms with Crippen LogP contribution in [0, 0.1) is 5.92 Å². The second kappa shape index (κ2) is 7.67. The van der Waals surface area contributed by atoms with Crippen molar-refractivity contribution in [2.75, 3.05) is 19.7 Å². The van der Waals surface area contributed by atoms with Crippen molar-refractivity contribution in [3.63, 3.8) is 0 Å². The average molecular weight is 242 g/mol. The molecule has 0 spiro atoms. The predicted octanol–water partition coefficient (Wildman–Crippen LogP) is 1.31. The summed E-state index contributed by atoms with van der Waals surface area (Å²) in [6.45, 7) is 8.28. The van der Waals surface area contributed by atoms with Gasteiger partial charge >= 0.3 is 0 Å². The third kappa shape index (κ3) is 6.03. The van der Waals surface area contributed by atoms with Crippen molar-refractivity contribution in [3.05, 3.63) is 0 Å². The summed E-state index contributed by atoms with van der Waals surface area (Å²) in [6.07, 6.45) is 3.81. The van der Waals surface area contributed by atoms with Crippen LogP contribution in [0.5, 0.6) is 0 Å². The van der Waals surface area contributed by atoms with Crippen molar-refractivity contribution < 1.29 is 9.53 Å². The number of ether oxygens (including phenoxy) is 1. The first-order valence-corrected chi connectivity index (χ1v) is 6.71. The summed E-state index contributed by atoms with van der Waals surface area (Å²) in [6, 6.07) is 0.232. The van der Waals surface area contributed by atoms with E-state index in [-0.39, 0.29) is 11.9 Å². The lowest BCUT2D eigenvalue weighted by Crippen LogP contribution is -2.43. The highest BCUT2D eigenvalue weighted by molar-refractivity contribution is 5.78. The molecule has 1 saturated heterocycles. The third-order valence-corrected chi connectivity index (χ3v) is 3.32. The lowest BCUT2D eigenvalue weighted by atomic mass is 10.1. The maximum atomic E-state index is 11.6. The van der Waals surface area contributed by atoms with Gasteiger partial charge in [0.2, 0.25) is 5.91 Å². The minimum atomic E-state index is 0.0713. The van der Waals surface area contributed by atoms with Crippen molar-refractivity contribution in [2.45, 2.75) is 52.2 Å². The Hall–Kier alpha value is -0.610. The van der Waals surface area contributed by atoms with E-state index >= 15 is 0 Å². The van der Waals surface area contributed by atoms with Gasteiger partial charge in [0.05, 0.1) is 12.6 Å². The van der Waals surface area contributed by atoms with Gasteiger partial charge < -0.3 is 15.4 Å². The Balaban J connectivity index is 2.07. The van der Waals surface area contributed by atoms with Crippen LogP contribution in [-0.2, 0) is 9.53 Å². The fraction of sp³-hybridized carbons (Fsp3) is 0.923. The minimum Gasteiger partial charge on any atom is -0.377 e. The molecule has 1 amide bonds. The molecule has 2 N–H and O–H groups in total. The number of carbonyl (C=O) groups is 1. The molecule has 1 aliphatic heterocycles. The number of hydrogen-bond donors (Lipinski definition) is 2. The van der Waals surface area contributed by atoms with Gasteiger partial charge in [-0.2, -0.15) is 0 Å². The Kier molecular flexibility index (Phi) is 6.52. The maximum absolute atomic E-state index is 11.6. The molecule has 0 aliphatic carbocycles. The molecule has 0 bridgehead atoms. The van der Waals surface area contributed by atoms with E-state index in [2.05, 4.69) is 24.5 Å². The van der Waals surface area contributed by atoms with Gasteiger partial charge in [0, 0.05) is 19.2 Å². The molecule has 1 rings (SSSR count). The molecular formula is C13H26N2O2. The van der Waals surface area contributed by atoms with Gasteiger partial charge in [-0.1, -0.05) is 13.8 Å². The zero-order valence-electron chi connectivity index (χ0n) is 11.3. The van der Waals surface area contributed by atoms with Crippen molar-refractivity contribution >= 4 is 5.91 Å². The molecule has 4 heteroatoms. The summed E-state index contributed by atoms with van der Waals surface area (Å²) >= 11 is 0. The first kappa shape index (κ1) is 14.5. The summed E-state index contributed by atoms with van der Waals surface area (Å²) in [5, 5.41) is 6.14. The standard InChI is InChI=1S/C13H26N2O2/c1-10(2)11(3)15-13(16)9-14-8-12-6-4-5-7-17-12/h10-12,14H,4-9H2,1-3H3,(H,15,16). The van der Waals surface area contributed by atoms with Gasteiger partial charge in [0.15, 0.2) is 0 Å². The van der Waals surface area contributed by atoms with Crippen molar-refractivity contribution in [3.8, 4) is 0 Å². The molecule has 0 aromatic heterocycles. The highest BCUT2D eigenvalue weighted by Crippen LogP contribution is 2.11. The summed E-state index contributed by atoms with van der Waals surface area (Å²) in [7, 11) is 0. The highest BCUT2D eigenvalue weighted by Gasteiger charge is 2.14. The second-order valence-electron chi connectivity index (χ2n) is 5.22. The Morgan fingerprint density at radius 2 is 2.12 bits per heavy atom. The topological polar surface area (TPSA) is 50.4 Å². The molecule has 1 heterocycles. The normalized spacial score (nSPS) is 22.5. The van der Waals surface area contributed by atoms with E-state index in [1.165, 1.54) is 12.8 Å². The molecule has 1 fully saturated rings. The predicted molar refractivity (Wildman–Crippen MR) is 68.9 cm³/mol. The quantitative estimate of drug-likeness (QED) is 0.738. The number of carbonyl (C=O) groups excluding carboxylic acids is 1. The zero-order valence-corrected chi connectivity index (χ0v) is 11.3. The monoisotopic (exact) mass is 242 g/mol. The Morgan fingerprint density at radius 1 is 1.35 bits per heavy atom. The van der Waals surface area contributed by atoms with E-state index in [4.69, 9.17) is 4.74 Å². The fourth-order valence-corrected chi connectivity index (χ4v) is 1.79. The molecule has 1 aliphatic rings. The number of hydrogen-bond acceptors (Lipinski definition) is 3. The second-order valence-corrected chi connectivity index (χ2v) is 5.22. The summed E-state index contributed by atoms with van der Waals surface area (Å²) in [4.78, 5) is 11.6. The molecule has 4 nitrogen and oxygen atoms in total. The number of nitrogens with one attached hydrogen (secondary N) is 2. The van der Waals surface area contributed by atoms with E-state index < -0.39 is 0 Å². The molecule has 0 aromatic rings. The summed E-state index contributed by atoms with van der Waals surface area (Å²) < 4.78 is 5.58. The van der Waals surface area contributed by atoms with Crippen LogP contribution in [0.4, 0.5) is 0 Å². The van der Waals surface area contributed by atoms with Crippen LogP contribution in [0.25, 0.3) is 0 Å². The number of amides is 1. The molecule has 0 radical (unpaired) electrons. The van der Waals surface area contributed by atoms with Crippen LogP contribution in [-0.4, -0.2) is 37.7 Å². The van der Waals surface area contributed by atoms with Crippen molar-refractivity contribution in [2.24, 2.45) is 5.92 Å². The fourth-order valence-electron chi connectivity index (χ4n) is 1.79. The van der Waals surface area contributed by atoms with E-state index in [0.29, 0.717) is 18.6 Å². The van der Waals surface area contributed by atoms with Gasteiger partial charge in [-0.15, -0.1) is 0 Å². The zero-order chi connectivity index (χ0) is 12.7. The molecular weight excluding hydrogens is 216 g/mol. The molecule has 2 atom stereocenters. The Morgan fingerprint density at radius 3 is 2.71 bits per heavy atom. The smallest absolute Gasteiger partial charge is 0.234 e.